The third kappa shape index (κ3) is 2.89. The van der Waals surface area contributed by atoms with Gasteiger partial charge in [0.05, 0.1) is 24.7 Å². The minimum Gasteiger partial charge on any atom is -0.392 e. The molecule has 1 aliphatic rings. The number of benzene rings is 1. The molecule has 0 radical (unpaired) electrons. The summed E-state index contributed by atoms with van der Waals surface area (Å²) in [4.78, 5) is 11.2. The number of aryl methyl sites for hydroxylation is 1. The first-order valence-corrected chi connectivity index (χ1v) is 7.20. The van der Waals surface area contributed by atoms with Crippen LogP contribution in [0.4, 0.5) is 5.82 Å². The molecule has 0 amide bonds. The molecule has 3 N–H and O–H groups in total. The molecule has 5 nitrogen and oxygen atoms in total. The van der Waals surface area contributed by atoms with E-state index in [0.29, 0.717) is 0 Å². The van der Waals surface area contributed by atoms with Gasteiger partial charge in [0.2, 0.25) is 0 Å². The first-order chi connectivity index (χ1) is 10.2. The van der Waals surface area contributed by atoms with Gasteiger partial charge in [-0.3, -0.25) is 4.98 Å². The van der Waals surface area contributed by atoms with Crippen molar-refractivity contribution in [2.75, 3.05) is 18.0 Å². The summed E-state index contributed by atoms with van der Waals surface area (Å²) in [5.74, 6) is 0.865. The Morgan fingerprint density at radius 2 is 2.19 bits per heavy atom. The van der Waals surface area contributed by atoms with Crippen molar-refractivity contribution in [2.24, 2.45) is 5.73 Å². The van der Waals surface area contributed by atoms with Gasteiger partial charge < -0.3 is 15.7 Å². The largest absolute Gasteiger partial charge is 0.392 e. The van der Waals surface area contributed by atoms with Gasteiger partial charge in [0.1, 0.15) is 5.82 Å². The molecule has 1 atom stereocenters. The average Bonchev–Trinajstić information content (AvgIpc) is 2.94. The summed E-state index contributed by atoms with van der Waals surface area (Å²) in [6, 6.07) is 6.20. The lowest BCUT2D eigenvalue weighted by Crippen LogP contribution is -2.26. The Hall–Kier alpha value is -1.98. The molecular weight excluding hydrogens is 264 g/mol. The summed E-state index contributed by atoms with van der Waals surface area (Å²) < 4.78 is 0. The maximum atomic E-state index is 9.49. The number of anilines is 1. The monoisotopic (exact) mass is 284 g/mol. The third-order valence-electron chi connectivity index (χ3n) is 3.89. The van der Waals surface area contributed by atoms with Crippen LogP contribution in [0.5, 0.6) is 0 Å². The van der Waals surface area contributed by atoms with Crippen LogP contribution in [0.3, 0.4) is 0 Å². The highest BCUT2D eigenvalue weighted by atomic mass is 16.3. The zero-order chi connectivity index (χ0) is 14.8. The Kier molecular flexibility index (Phi) is 3.86. The van der Waals surface area contributed by atoms with Crippen LogP contribution >= 0.6 is 0 Å². The number of hydrogen-bond donors (Lipinski definition) is 2. The van der Waals surface area contributed by atoms with Crippen molar-refractivity contribution in [2.45, 2.75) is 26.0 Å². The van der Waals surface area contributed by atoms with Crippen LogP contribution < -0.4 is 10.6 Å². The van der Waals surface area contributed by atoms with Gasteiger partial charge in [-0.05, 0) is 18.9 Å². The van der Waals surface area contributed by atoms with Crippen LogP contribution in [-0.4, -0.2) is 34.2 Å². The van der Waals surface area contributed by atoms with Crippen LogP contribution in [-0.2, 0) is 6.61 Å². The Morgan fingerprint density at radius 3 is 2.81 bits per heavy atom. The predicted octanol–water partition coefficient (Wildman–Crippen LogP) is 1.48. The van der Waals surface area contributed by atoms with Crippen molar-refractivity contribution in [3.8, 4) is 11.3 Å². The maximum absolute atomic E-state index is 9.49. The van der Waals surface area contributed by atoms with E-state index in [1.54, 1.807) is 12.4 Å². The molecule has 1 saturated heterocycles. The molecule has 1 aromatic heterocycles. The zero-order valence-electron chi connectivity index (χ0n) is 12.2. The van der Waals surface area contributed by atoms with Crippen molar-refractivity contribution in [1.82, 2.24) is 9.97 Å². The third-order valence-corrected chi connectivity index (χ3v) is 3.89. The second kappa shape index (κ2) is 5.79. The quantitative estimate of drug-likeness (QED) is 0.893. The predicted molar refractivity (Wildman–Crippen MR) is 82.9 cm³/mol. The van der Waals surface area contributed by atoms with Gasteiger partial charge >= 0.3 is 0 Å². The van der Waals surface area contributed by atoms with Crippen molar-refractivity contribution < 1.29 is 5.11 Å². The van der Waals surface area contributed by atoms with Crippen molar-refractivity contribution in [1.29, 1.82) is 0 Å². The molecule has 1 aliphatic heterocycles. The van der Waals surface area contributed by atoms with E-state index in [2.05, 4.69) is 14.9 Å². The van der Waals surface area contributed by atoms with Gasteiger partial charge in [0.25, 0.3) is 0 Å². The number of nitrogens with two attached hydrogens (primary N) is 1. The fourth-order valence-corrected chi connectivity index (χ4v) is 2.72. The van der Waals surface area contributed by atoms with E-state index in [-0.39, 0.29) is 12.6 Å². The molecule has 1 fully saturated rings. The fraction of sp³-hybridized carbons (Fsp3) is 0.375. The molecule has 0 aliphatic carbocycles. The highest BCUT2D eigenvalue weighted by molar-refractivity contribution is 5.64. The number of rotatable bonds is 3. The van der Waals surface area contributed by atoms with Crippen LogP contribution in [0.25, 0.3) is 11.3 Å². The van der Waals surface area contributed by atoms with Crippen molar-refractivity contribution >= 4 is 5.82 Å². The van der Waals surface area contributed by atoms with Gasteiger partial charge in [-0.25, -0.2) is 4.98 Å². The normalized spacial score (nSPS) is 18.2. The van der Waals surface area contributed by atoms with Crippen molar-refractivity contribution in [3.05, 3.63) is 41.7 Å². The minimum atomic E-state index is 0.00141. The molecule has 0 spiro atoms. The van der Waals surface area contributed by atoms with E-state index >= 15 is 0 Å². The van der Waals surface area contributed by atoms with Gasteiger partial charge in [0, 0.05) is 24.7 Å². The molecule has 3 rings (SSSR count). The molecule has 0 bridgehead atoms. The van der Waals surface area contributed by atoms with E-state index in [4.69, 9.17) is 5.73 Å². The summed E-state index contributed by atoms with van der Waals surface area (Å²) in [6.45, 7) is 3.78. The lowest BCUT2D eigenvalue weighted by atomic mass is 10.0. The average molecular weight is 284 g/mol. The van der Waals surface area contributed by atoms with Crippen molar-refractivity contribution in [3.63, 3.8) is 0 Å². The van der Waals surface area contributed by atoms with E-state index in [1.807, 2.05) is 25.1 Å². The lowest BCUT2D eigenvalue weighted by Gasteiger charge is -2.16. The zero-order valence-corrected chi connectivity index (χ0v) is 12.2. The smallest absolute Gasteiger partial charge is 0.147 e. The topological polar surface area (TPSA) is 75.3 Å². The minimum absolute atomic E-state index is 0.00141. The van der Waals surface area contributed by atoms with E-state index in [0.717, 1.165) is 47.7 Å². The van der Waals surface area contributed by atoms with Gasteiger partial charge in [-0.2, -0.15) is 0 Å². The van der Waals surface area contributed by atoms with E-state index < -0.39 is 0 Å². The molecular formula is C16H20N4O. The lowest BCUT2D eigenvalue weighted by molar-refractivity contribution is 0.282. The van der Waals surface area contributed by atoms with Gasteiger partial charge in [-0.1, -0.05) is 23.8 Å². The molecule has 1 aromatic carbocycles. The number of aromatic nitrogens is 2. The molecule has 5 heteroatoms. The summed E-state index contributed by atoms with van der Waals surface area (Å²) in [5, 5.41) is 9.49. The highest BCUT2D eigenvalue weighted by Gasteiger charge is 2.20. The Balaban J connectivity index is 1.87. The summed E-state index contributed by atoms with van der Waals surface area (Å²) >= 11 is 0. The molecule has 1 unspecified atom stereocenters. The van der Waals surface area contributed by atoms with E-state index in [1.165, 1.54) is 0 Å². The Bertz CT molecular complexity index is 627. The molecule has 2 heterocycles. The number of hydrogen-bond acceptors (Lipinski definition) is 5. The number of aliphatic hydroxyl groups excluding tert-OH is 1. The Labute approximate surface area is 124 Å². The molecule has 110 valence electrons. The standard InChI is InChI=1S/C16H20N4O/c1-11-2-3-14(12(6-11)10-21)15-7-19-16(8-18-15)20-5-4-13(17)9-20/h2-3,6-8,13,21H,4-5,9-10,17H2,1H3. The first kappa shape index (κ1) is 14.0. The van der Waals surface area contributed by atoms with Crippen LogP contribution in [0, 0.1) is 6.92 Å². The second-order valence-electron chi connectivity index (χ2n) is 5.57. The molecule has 2 aromatic rings. The maximum Gasteiger partial charge on any atom is 0.147 e. The van der Waals surface area contributed by atoms with Gasteiger partial charge in [-0.15, -0.1) is 0 Å². The van der Waals surface area contributed by atoms with Gasteiger partial charge in [0.15, 0.2) is 0 Å². The van der Waals surface area contributed by atoms with Crippen LogP contribution in [0.1, 0.15) is 17.5 Å². The Morgan fingerprint density at radius 1 is 1.33 bits per heavy atom. The first-order valence-electron chi connectivity index (χ1n) is 7.20. The SMILES string of the molecule is Cc1ccc(-c2cnc(N3CCC(N)C3)cn2)c(CO)c1. The fourth-order valence-electron chi connectivity index (χ4n) is 2.72. The number of aliphatic hydroxyl groups is 1. The highest BCUT2D eigenvalue weighted by Crippen LogP contribution is 2.24. The van der Waals surface area contributed by atoms with E-state index in [9.17, 15) is 5.11 Å². The number of nitrogens with zero attached hydrogens (tertiary/aromatic N) is 3. The molecule has 21 heavy (non-hydrogen) atoms. The summed E-state index contributed by atoms with van der Waals surface area (Å²) in [6.07, 6.45) is 4.55. The second-order valence-corrected chi connectivity index (χ2v) is 5.57. The summed E-state index contributed by atoms with van der Waals surface area (Å²) in [5.41, 5.74) is 9.63. The summed E-state index contributed by atoms with van der Waals surface area (Å²) in [7, 11) is 0. The van der Waals surface area contributed by atoms with Crippen LogP contribution in [0.2, 0.25) is 0 Å². The van der Waals surface area contributed by atoms with Crippen LogP contribution in [0.15, 0.2) is 30.6 Å². The molecule has 0 saturated carbocycles.